The van der Waals surface area contributed by atoms with Gasteiger partial charge in [0, 0.05) is 30.8 Å². The molecule has 5 rings (SSSR count). The van der Waals surface area contributed by atoms with Gasteiger partial charge in [-0.25, -0.2) is 4.79 Å². The second-order valence-corrected chi connectivity index (χ2v) is 9.10. The van der Waals surface area contributed by atoms with Crippen LogP contribution in [-0.2, 0) is 27.3 Å². The van der Waals surface area contributed by atoms with Crippen LogP contribution >= 0.6 is 0 Å². The van der Waals surface area contributed by atoms with Gasteiger partial charge in [-0.1, -0.05) is 30.3 Å². The van der Waals surface area contributed by atoms with Crippen LogP contribution in [0.5, 0.6) is 0 Å². The van der Waals surface area contributed by atoms with E-state index in [2.05, 4.69) is 5.32 Å². The van der Waals surface area contributed by atoms with Crippen molar-refractivity contribution in [3.63, 3.8) is 0 Å². The summed E-state index contributed by atoms with van der Waals surface area (Å²) in [5, 5.41) is 13.8. The number of nitrogens with zero attached hydrogens (tertiary/aromatic N) is 3. The number of nitro groups is 1. The predicted molar refractivity (Wildman–Crippen MR) is 121 cm³/mol. The quantitative estimate of drug-likeness (QED) is 0.420. The first-order valence-electron chi connectivity index (χ1n) is 11.1. The molecule has 34 heavy (non-hydrogen) atoms. The molecule has 0 aliphatic carbocycles. The molecule has 10 nitrogen and oxygen atoms in total. The maximum atomic E-state index is 14.1. The molecule has 2 aromatic carbocycles. The third-order valence-corrected chi connectivity index (χ3v) is 6.92. The lowest BCUT2D eigenvalue weighted by Crippen LogP contribution is -2.75. The Balaban J connectivity index is 1.65. The Morgan fingerprint density at radius 3 is 2.59 bits per heavy atom. The number of urea groups is 1. The number of nitrogens with one attached hydrogen (secondary N) is 1. The lowest BCUT2D eigenvalue weighted by atomic mass is 9.66. The lowest BCUT2D eigenvalue weighted by molar-refractivity contribution is -0.384. The first kappa shape index (κ1) is 22.0. The first-order valence-corrected chi connectivity index (χ1v) is 11.1. The molecule has 1 N–H and O–H groups in total. The molecule has 10 heteroatoms. The molecule has 0 aromatic heterocycles. The molecular weight excluding hydrogens is 440 g/mol. The summed E-state index contributed by atoms with van der Waals surface area (Å²) in [5.74, 6) is -1.33. The standard InChI is InChI=1S/C24H24N4O6/c1-14-12-26-19-9-8-18(28(32)33)10-17(19)11-24(20(26)15(2)34-14)21(29)25-23(31)27(22(24)30)13-16-6-4-3-5-7-16/h3-10,14-15,20H,11-13H2,1-2H3,(H,25,29,31)/t14-,15-,20-,24+/m0/s1. The number of hydrogen-bond acceptors (Lipinski definition) is 7. The van der Waals surface area contributed by atoms with Crippen molar-refractivity contribution in [1.29, 1.82) is 0 Å². The van der Waals surface area contributed by atoms with Gasteiger partial charge in [-0.05, 0) is 31.0 Å². The maximum Gasteiger partial charge on any atom is 0.331 e. The molecule has 2 saturated heterocycles. The van der Waals surface area contributed by atoms with E-state index in [4.69, 9.17) is 4.74 Å². The fourth-order valence-electron chi connectivity index (χ4n) is 5.59. The molecular formula is C24H24N4O6. The van der Waals surface area contributed by atoms with Gasteiger partial charge in [0.25, 0.3) is 5.69 Å². The number of carbonyl (C=O) groups excluding carboxylic acids is 3. The van der Waals surface area contributed by atoms with Gasteiger partial charge in [0.2, 0.25) is 11.8 Å². The number of ether oxygens (including phenoxy) is 1. The van der Waals surface area contributed by atoms with Crippen molar-refractivity contribution in [3.05, 3.63) is 69.8 Å². The van der Waals surface area contributed by atoms with Gasteiger partial charge < -0.3 is 9.64 Å². The summed E-state index contributed by atoms with van der Waals surface area (Å²) >= 11 is 0. The smallest absolute Gasteiger partial charge is 0.331 e. The van der Waals surface area contributed by atoms with Crippen LogP contribution in [0.3, 0.4) is 0 Å². The third-order valence-electron chi connectivity index (χ3n) is 6.92. The summed E-state index contributed by atoms with van der Waals surface area (Å²) in [7, 11) is 0. The molecule has 4 amide bonds. The van der Waals surface area contributed by atoms with E-state index in [-0.39, 0.29) is 24.8 Å². The minimum atomic E-state index is -1.68. The van der Waals surface area contributed by atoms with Gasteiger partial charge in [0.15, 0.2) is 5.41 Å². The van der Waals surface area contributed by atoms with E-state index in [9.17, 15) is 24.5 Å². The molecule has 176 valence electrons. The summed E-state index contributed by atoms with van der Waals surface area (Å²) in [6.07, 6.45) is -0.766. The van der Waals surface area contributed by atoms with Crippen molar-refractivity contribution in [1.82, 2.24) is 10.2 Å². The van der Waals surface area contributed by atoms with E-state index in [0.29, 0.717) is 12.1 Å². The topological polar surface area (TPSA) is 122 Å². The van der Waals surface area contributed by atoms with Crippen molar-refractivity contribution in [2.75, 3.05) is 11.4 Å². The number of rotatable bonds is 3. The molecule has 3 aliphatic rings. The van der Waals surface area contributed by atoms with Crippen molar-refractivity contribution in [2.24, 2.45) is 5.41 Å². The second-order valence-electron chi connectivity index (χ2n) is 9.10. The van der Waals surface area contributed by atoms with Gasteiger partial charge in [-0.2, -0.15) is 0 Å². The minimum absolute atomic E-state index is 0.000687. The molecule has 2 fully saturated rings. The average molecular weight is 464 g/mol. The fourth-order valence-corrected chi connectivity index (χ4v) is 5.59. The zero-order valence-electron chi connectivity index (χ0n) is 18.8. The van der Waals surface area contributed by atoms with Gasteiger partial charge in [-0.15, -0.1) is 0 Å². The number of imide groups is 2. The normalized spacial score (nSPS) is 28.4. The van der Waals surface area contributed by atoms with Crippen LogP contribution in [0.15, 0.2) is 48.5 Å². The van der Waals surface area contributed by atoms with E-state index >= 15 is 0 Å². The molecule has 2 aromatic rings. The SMILES string of the molecule is C[C@@H]1O[C@@H](C)CN2c3ccc([N+](=O)[O-])cc3C[C@]3(C(=O)NC(=O)N(Cc4ccccc4)C3=O)[C@H]12. The summed E-state index contributed by atoms with van der Waals surface area (Å²) in [6.45, 7) is 4.10. The van der Waals surface area contributed by atoms with Crippen molar-refractivity contribution >= 4 is 29.2 Å². The number of benzene rings is 2. The highest BCUT2D eigenvalue weighted by molar-refractivity contribution is 6.20. The Labute approximate surface area is 195 Å². The maximum absolute atomic E-state index is 14.1. The van der Waals surface area contributed by atoms with Crippen molar-refractivity contribution in [2.45, 2.75) is 45.1 Å². The largest absolute Gasteiger partial charge is 0.372 e. The fraction of sp³-hybridized carbons (Fsp3) is 0.375. The molecule has 3 heterocycles. The highest BCUT2D eigenvalue weighted by Gasteiger charge is 2.64. The Bertz CT molecular complexity index is 1200. The Morgan fingerprint density at radius 2 is 1.88 bits per heavy atom. The number of nitro benzene ring substituents is 1. The predicted octanol–water partition coefficient (Wildman–Crippen LogP) is 2.40. The minimum Gasteiger partial charge on any atom is -0.372 e. The lowest BCUT2D eigenvalue weighted by Gasteiger charge is -2.56. The Hall–Kier alpha value is -3.79. The van der Waals surface area contributed by atoms with Gasteiger partial charge in [0.05, 0.1) is 29.7 Å². The second kappa shape index (κ2) is 7.91. The van der Waals surface area contributed by atoms with E-state index < -0.39 is 40.3 Å². The number of carbonyl (C=O) groups is 3. The van der Waals surface area contributed by atoms with E-state index in [1.807, 2.05) is 24.8 Å². The number of amides is 4. The number of anilines is 1. The number of non-ortho nitro benzene ring substituents is 1. The van der Waals surface area contributed by atoms with Crippen molar-refractivity contribution < 1.29 is 24.0 Å². The summed E-state index contributed by atoms with van der Waals surface area (Å²) < 4.78 is 6.05. The third kappa shape index (κ3) is 3.25. The molecule has 0 radical (unpaired) electrons. The molecule has 1 spiro atoms. The first-order chi connectivity index (χ1) is 16.2. The number of barbiturate groups is 1. The van der Waals surface area contributed by atoms with Gasteiger partial charge >= 0.3 is 6.03 Å². The number of fused-ring (bicyclic) bond motifs is 4. The zero-order valence-corrected chi connectivity index (χ0v) is 18.8. The van der Waals surface area contributed by atoms with E-state index in [1.165, 1.54) is 12.1 Å². The van der Waals surface area contributed by atoms with Crippen LogP contribution in [0.1, 0.15) is 25.0 Å². The van der Waals surface area contributed by atoms with Crippen LogP contribution in [0, 0.1) is 15.5 Å². The van der Waals surface area contributed by atoms with Crippen LogP contribution < -0.4 is 10.2 Å². The van der Waals surface area contributed by atoms with Crippen LogP contribution in [0.25, 0.3) is 0 Å². The van der Waals surface area contributed by atoms with Gasteiger partial charge in [0.1, 0.15) is 0 Å². The Morgan fingerprint density at radius 1 is 1.15 bits per heavy atom. The molecule has 3 aliphatic heterocycles. The van der Waals surface area contributed by atoms with Crippen molar-refractivity contribution in [3.8, 4) is 0 Å². The molecule has 4 atom stereocenters. The molecule has 0 unspecified atom stereocenters. The van der Waals surface area contributed by atoms with Crippen LogP contribution in [0.2, 0.25) is 0 Å². The molecule has 0 bridgehead atoms. The summed E-state index contributed by atoms with van der Waals surface area (Å²) in [6, 6.07) is 12.1. The molecule has 0 saturated carbocycles. The average Bonchev–Trinajstić information content (AvgIpc) is 2.80. The highest BCUT2D eigenvalue weighted by atomic mass is 16.6. The summed E-state index contributed by atoms with van der Waals surface area (Å²) in [5.41, 5.74) is 0.188. The van der Waals surface area contributed by atoms with Gasteiger partial charge in [-0.3, -0.25) is 29.9 Å². The Kier molecular flexibility index (Phi) is 5.12. The number of morpholine rings is 1. The van der Waals surface area contributed by atoms with E-state index in [0.717, 1.165) is 16.2 Å². The zero-order chi connectivity index (χ0) is 24.2. The van der Waals surface area contributed by atoms with Crippen LogP contribution in [-0.4, -0.2) is 52.5 Å². The van der Waals surface area contributed by atoms with Crippen LogP contribution in [0.4, 0.5) is 16.2 Å². The number of hydrogen-bond donors (Lipinski definition) is 1. The summed E-state index contributed by atoms with van der Waals surface area (Å²) in [4.78, 5) is 54.3. The van der Waals surface area contributed by atoms with E-state index in [1.54, 1.807) is 30.3 Å². The monoisotopic (exact) mass is 464 g/mol. The highest BCUT2D eigenvalue weighted by Crippen LogP contribution is 2.48.